The highest BCUT2D eigenvalue weighted by Gasteiger charge is 2.38. The van der Waals surface area contributed by atoms with Crippen LogP contribution in [0.4, 0.5) is 0 Å². The summed E-state index contributed by atoms with van der Waals surface area (Å²) in [6, 6.07) is 55.2. The molecule has 0 N–H and O–H groups in total. The van der Waals surface area contributed by atoms with Crippen molar-refractivity contribution in [3.63, 3.8) is 0 Å². The Hall–Kier alpha value is -4.20. The summed E-state index contributed by atoms with van der Waals surface area (Å²) in [7, 11) is -1.82. The van der Waals surface area contributed by atoms with Gasteiger partial charge in [0.25, 0.3) is 0 Å². The molecule has 5 aromatic carbocycles. The Labute approximate surface area is 209 Å². The molecule has 0 bridgehead atoms. The van der Waals surface area contributed by atoms with Gasteiger partial charge in [-0.2, -0.15) is 0 Å². The number of allylic oxidation sites excluding steroid dienone is 2. The molecule has 0 aromatic heterocycles. The van der Waals surface area contributed by atoms with Gasteiger partial charge in [-0.15, -0.1) is 0 Å². The maximum absolute atomic E-state index is 2.33. The van der Waals surface area contributed by atoms with E-state index in [0.29, 0.717) is 0 Å². The van der Waals surface area contributed by atoms with E-state index in [2.05, 4.69) is 152 Å². The standard InChI is InChI=1S/C34H26Si/c1-6-16-26(17-7-1)31-32(27-18-8-2-9-19-27)34(29-22-12-4-13-23-29)35(30-24-14-5-15-25-30)33(31)28-20-10-3-11-21-28/h1-25,35H. The molecule has 0 radical (unpaired) electrons. The van der Waals surface area contributed by atoms with Crippen molar-refractivity contribution >= 4 is 35.5 Å². The molecule has 35 heavy (non-hydrogen) atoms. The molecule has 1 aliphatic heterocycles. The fraction of sp³-hybridized carbons (Fsp3) is 0. The van der Waals surface area contributed by atoms with Gasteiger partial charge in [-0.3, -0.25) is 0 Å². The van der Waals surface area contributed by atoms with E-state index in [4.69, 9.17) is 0 Å². The average Bonchev–Trinajstić information content (AvgIpc) is 3.32. The molecular weight excluding hydrogens is 436 g/mol. The van der Waals surface area contributed by atoms with Crippen LogP contribution < -0.4 is 5.19 Å². The molecule has 0 saturated carbocycles. The maximum Gasteiger partial charge on any atom is 0.136 e. The van der Waals surface area contributed by atoms with E-state index in [1.54, 1.807) is 0 Å². The zero-order valence-electron chi connectivity index (χ0n) is 19.5. The molecule has 1 aliphatic rings. The number of benzene rings is 5. The summed E-state index contributed by atoms with van der Waals surface area (Å²) < 4.78 is 0. The van der Waals surface area contributed by atoms with Gasteiger partial charge in [0.1, 0.15) is 8.80 Å². The Kier molecular flexibility index (Phi) is 5.84. The highest BCUT2D eigenvalue weighted by Crippen LogP contribution is 2.50. The van der Waals surface area contributed by atoms with E-state index in [1.807, 2.05) is 0 Å². The third kappa shape index (κ3) is 4.01. The molecule has 0 spiro atoms. The summed E-state index contributed by atoms with van der Waals surface area (Å²) in [6.45, 7) is 0. The zero-order chi connectivity index (χ0) is 23.5. The van der Waals surface area contributed by atoms with E-state index >= 15 is 0 Å². The summed E-state index contributed by atoms with van der Waals surface area (Å²) in [5, 5.41) is 4.45. The minimum Gasteiger partial charge on any atom is -0.0625 e. The molecule has 0 fully saturated rings. The number of hydrogen-bond donors (Lipinski definition) is 0. The third-order valence-electron chi connectivity index (χ3n) is 6.79. The Morgan fingerprint density at radius 2 is 0.571 bits per heavy atom. The van der Waals surface area contributed by atoms with Gasteiger partial charge >= 0.3 is 0 Å². The van der Waals surface area contributed by atoms with E-state index in [0.717, 1.165) is 0 Å². The molecule has 0 saturated heterocycles. The lowest BCUT2D eigenvalue weighted by Crippen LogP contribution is -2.32. The predicted octanol–water partition coefficient (Wildman–Crippen LogP) is 7.43. The van der Waals surface area contributed by atoms with Crippen LogP contribution in [0.3, 0.4) is 0 Å². The van der Waals surface area contributed by atoms with Crippen molar-refractivity contribution in [1.29, 1.82) is 0 Å². The van der Waals surface area contributed by atoms with Crippen LogP contribution in [0.2, 0.25) is 0 Å². The zero-order valence-corrected chi connectivity index (χ0v) is 20.7. The molecule has 6 rings (SSSR count). The second-order valence-corrected chi connectivity index (χ2v) is 11.6. The van der Waals surface area contributed by atoms with E-state index in [1.165, 1.54) is 49.0 Å². The van der Waals surface area contributed by atoms with Crippen molar-refractivity contribution in [2.45, 2.75) is 0 Å². The van der Waals surface area contributed by atoms with Crippen LogP contribution in [0.25, 0.3) is 21.5 Å². The van der Waals surface area contributed by atoms with Crippen molar-refractivity contribution in [2.24, 2.45) is 0 Å². The van der Waals surface area contributed by atoms with Crippen LogP contribution in [-0.2, 0) is 0 Å². The maximum atomic E-state index is 2.33. The van der Waals surface area contributed by atoms with Gasteiger partial charge in [0.05, 0.1) is 0 Å². The summed E-state index contributed by atoms with van der Waals surface area (Å²) in [4.78, 5) is 0. The SMILES string of the molecule is c1ccc(C2=C(c3ccccc3)[SiH](c3ccccc3)C(c3ccccc3)=C2c2ccccc2)cc1. The Bertz CT molecular complexity index is 1390. The van der Waals surface area contributed by atoms with Crippen LogP contribution in [0.1, 0.15) is 22.3 Å². The molecule has 0 atom stereocenters. The van der Waals surface area contributed by atoms with Gasteiger partial charge in [0.2, 0.25) is 0 Å². The van der Waals surface area contributed by atoms with Crippen molar-refractivity contribution < 1.29 is 0 Å². The average molecular weight is 463 g/mol. The van der Waals surface area contributed by atoms with Crippen LogP contribution >= 0.6 is 0 Å². The predicted molar refractivity (Wildman–Crippen MR) is 153 cm³/mol. The molecule has 0 aliphatic carbocycles. The minimum absolute atomic E-state index is 1.28. The van der Waals surface area contributed by atoms with Crippen LogP contribution in [0.5, 0.6) is 0 Å². The van der Waals surface area contributed by atoms with Crippen LogP contribution in [0.15, 0.2) is 152 Å². The first-order valence-corrected chi connectivity index (χ1v) is 13.9. The second-order valence-electron chi connectivity index (χ2n) is 8.89. The first-order valence-electron chi connectivity index (χ1n) is 12.2. The monoisotopic (exact) mass is 462 g/mol. The third-order valence-corrected chi connectivity index (χ3v) is 10.2. The summed E-state index contributed by atoms with van der Waals surface area (Å²) >= 11 is 0. The van der Waals surface area contributed by atoms with Crippen LogP contribution in [-0.4, -0.2) is 8.80 Å². The lowest BCUT2D eigenvalue weighted by atomic mass is 9.89. The summed E-state index contributed by atoms with van der Waals surface area (Å²) in [5.41, 5.74) is 7.97. The first-order chi connectivity index (χ1) is 17.4. The van der Waals surface area contributed by atoms with Crippen molar-refractivity contribution in [2.75, 3.05) is 0 Å². The molecule has 1 heteroatoms. The topological polar surface area (TPSA) is 0 Å². The van der Waals surface area contributed by atoms with E-state index in [-0.39, 0.29) is 0 Å². The fourth-order valence-corrected chi connectivity index (χ4v) is 9.16. The number of rotatable bonds is 5. The quantitative estimate of drug-likeness (QED) is 0.238. The van der Waals surface area contributed by atoms with E-state index in [9.17, 15) is 0 Å². The highest BCUT2D eigenvalue weighted by molar-refractivity contribution is 7.08. The van der Waals surface area contributed by atoms with Gasteiger partial charge in [-0.25, -0.2) is 0 Å². The molecule has 0 nitrogen and oxygen atoms in total. The smallest absolute Gasteiger partial charge is 0.0625 e. The second kappa shape index (κ2) is 9.58. The fourth-order valence-electron chi connectivity index (χ4n) is 5.35. The Morgan fingerprint density at radius 1 is 0.286 bits per heavy atom. The van der Waals surface area contributed by atoms with Crippen molar-refractivity contribution in [3.05, 3.63) is 174 Å². The molecule has 166 valence electrons. The van der Waals surface area contributed by atoms with Crippen molar-refractivity contribution in [3.8, 4) is 0 Å². The molecule has 1 heterocycles. The van der Waals surface area contributed by atoms with Gasteiger partial charge < -0.3 is 0 Å². The van der Waals surface area contributed by atoms with Gasteiger partial charge in [-0.1, -0.05) is 157 Å². The lowest BCUT2D eigenvalue weighted by molar-refractivity contribution is 1.58. The summed E-state index contributed by atoms with van der Waals surface area (Å²) in [5.74, 6) is 0. The normalized spacial score (nSPS) is 13.9. The lowest BCUT2D eigenvalue weighted by Gasteiger charge is -2.20. The summed E-state index contributed by atoms with van der Waals surface area (Å²) in [6.07, 6.45) is 0. The molecule has 0 unspecified atom stereocenters. The van der Waals surface area contributed by atoms with Gasteiger partial charge in [0.15, 0.2) is 0 Å². The van der Waals surface area contributed by atoms with Crippen LogP contribution in [0, 0.1) is 0 Å². The Morgan fingerprint density at radius 3 is 0.914 bits per heavy atom. The van der Waals surface area contributed by atoms with Gasteiger partial charge in [-0.05, 0) is 43.8 Å². The van der Waals surface area contributed by atoms with Gasteiger partial charge in [0, 0.05) is 0 Å². The number of hydrogen-bond acceptors (Lipinski definition) is 0. The molecule has 0 amide bonds. The molecule has 5 aromatic rings. The Balaban J connectivity index is 1.77. The largest absolute Gasteiger partial charge is 0.136 e. The van der Waals surface area contributed by atoms with E-state index < -0.39 is 8.80 Å². The first kappa shape index (κ1) is 21.3. The minimum atomic E-state index is -1.82. The highest BCUT2D eigenvalue weighted by atomic mass is 28.3. The van der Waals surface area contributed by atoms with Crippen molar-refractivity contribution in [1.82, 2.24) is 0 Å². The molecular formula is C34H26Si.